The highest BCUT2D eigenvalue weighted by molar-refractivity contribution is 6.30. The van der Waals surface area contributed by atoms with Crippen LogP contribution in [0.3, 0.4) is 0 Å². The second kappa shape index (κ2) is 5.88. The Morgan fingerprint density at radius 1 is 1.30 bits per heavy atom. The molecule has 0 fully saturated rings. The maximum absolute atomic E-state index is 13.6. The Morgan fingerprint density at radius 2 is 2.05 bits per heavy atom. The molecule has 0 spiro atoms. The number of hydrogen-bond acceptors (Lipinski definition) is 3. The van der Waals surface area contributed by atoms with Crippen LogP contribution in [-0.4, -0.2) is 4.92 Å². The minimum atomic E-state index is -0.476. The maximum Gasteiger partial charge on any atom is 0.292 e. The second-order valence-corrected chi connectivity index (χ2v) is 4.80. The van der Waals surface area contributed by atoms with Crippen molar-refractivity contribution in [1.82, 2.24) is 0 Å². The Morgan fingerprint density at radius 3 is 2.75 bits per heavy atom. The van der Waals surface area contributed by atoms with Crippen molar-refractivity contribution in [3.63, 3.8) is 0 Å². The molecular formula is C14H12ClFN2O2. The van der Waals surface area contributed by atoms with Crippen molar-refractivity contribution in [2.75, 3.05) is 5.32 Å². The number of nitro groups is 1. The number of aryl methyl sites for hydroxylation is 1. The number of nitro benzene ring substituents is 1. The average Bonchev–Trinajstić information content (AvgIpc) is 2.39. The number of nitrogens with one attached hydrogen (secondary N) is 1. The summed E-state index contributed by atoms with van der Waals surface area (Å²) in [6, 6.07) is 8.95. The average molecular weight is 295 g/mol. The van der Waals surface area contributed by atoms with Crippen molar-refractivity contribution in [3.05, 3.63) is 68.5 Å². The Bertz CT molecular complexity index is 662. The van der Waals surface area contributed by atoms with E-state index in [0.29, 0.717) is 16.3 Å². The molecule has 20 heavy (non-hydrogen) atoms. The summed E-state index contributed by atoms with van der Waals surface area (Å²) >= 11 is 5.80. The molecule has 0 saturated heterocycles. The standard InChI is InChI=1S/C14H12ClFN2O2/c1-9-2-5-14(18(19)20)13(6-9)17-8-10-7-11(15)3-4-12(10)16/h2-7,17H,8H2,1H3. The molecule has 2 rings (SSSR count). The fraction of sp³-hybridized carbons (Fsp3) is 0.143. The predicted molar refractivity (Wildman–Crippen MR) is 76.6 cm³/mol. The van der Waals surface area contributed by atoms with Gasteiger partial charge in [-0.2, -0.15) is 0 Å². The fourth-order valence-corrected chi connectivity index (χ4v) is 2.01. The van der Waals surface area contributed by atoms with Gasteiger partial charge >= 0.3 is 0 Å². The van der Waals surface area contributed by atoms with Gasteiger partial charge < -0.3 is 5.32 Å². The van der Waals surface area contributed by atoms with Crippen molar-refractivity contribution in [3.8, 4) is 0 Å². The van der Waals surface area contributed by atoms with Gasteiger partial charge in [0.2, 0.25) is 0 Å². The first-order chi connectivity index (χ1) is 9.47. The van der Waals surface area contributed by atoms with Crippen LogP contribution in [0.5, 0.6) is 0 Å². The van der Waals surface area contributed by atoms with Gasteiger partial charge in [0.1, 0.15) is 11.5 Å². The summed E-state index contributed by atoms with van der Waals surface area (Å²) < 4.78 is 13.6. The number of anilines is 1. The maximum atomic E-state index is 13.6. The van der Waals surface area contributed by atoms with Crippen molar-refractivity contribution >= 4 is 23.0 Å². The molecule has 0 aromatic heterocycles. The predicted octanol–water partition coefficient (Wildman–Crippen LogP) is 4.31. The van der Waals surface area contributed by atoms with Crippen molar-refractivity contribution < 1.29 is 9.31 Å². The van der Waals surface area contributed by atoms with Crippen LogP contribution >= 0.6 is 11.6 Å². The molecule has 0 heterocycles. The third kappa shape index (κ3) is 3.24. The number of nitrogens with zero attached hydrogens (tertiary/aromatic N) is 1. The third-order valence-corrected chi connectivity index (χ3v) is 3.06. The van der Waals surface area contributed by atoms with Crippen LogP contribution in [0, 0.1) is 22.9 Å². The van der Waals surface area contributed by atoms with Gasteiger partial charge in [0, 0.05) is 23.2 Å². The molecule has 104 valence electrons. The Labute approximate surface area is 120 Å². The molecule has 4 nitrogen and oxygen atoms in total. The summed E-state index contributed by atoms with van der Waals surface area (Å²) in [6.45, 7) is 1.95. The van der Waals surface area contributed by atoms with Crippen LogP contribution in [0.4, 0.5) is 15.8 Å². The lowest BCUT2D eigenvalue weighted by Crippen LogP contribution is -2.04. The van der Waals surface area contributed by atoms with Crippen LogP contribution in [0.15, 0.2) is 36.4 Å². The highest BCUT2D eigenvalue weighted by Crippen LogP contribution is 2.26. The zero-order valence-corrected chi connectivity index (χ0v) is 11.4. The summed E-state index contributed by atoms with van der Waals surface area (Å²) in [7, 11) is 0. The molecule has 1 N–H and O–H groups in total. The molecule has 0 bridgehead atoms. The molecule has 0 atom stereocenters. The first kappa shape index (κ1) is 14.3. The van der Waals surface area contributed by atoms with Crippen molar-refractivity contribution in [2.45, 2.75) is 13.5 Å². The van der Waals surface area contributed by atoms with E-state index in [1.54, 1.807) is 12.1 Å². The molecule has 0 saturated carbocycles. The molecular weight excluding hydrogens is 283 g/mol. The SMILES string of the molecule is Cc1ccc([N+](=O)[O-])c(NCc2cc(Cl)ccc2F)c1. The minimum absolute atomic E-state index is 0.0435. The third-order valence-electron chi connectivity index (χ3n) is 2.83. The van der Waals surface area contributed by atoms with Gasteiger partial charge in [-0.1, -0.05) is 17.7 Å². The van der Waals surface area contributed by atoms with E-state index in [2.05, 4.69) is 5.32 Å². The molecule has 2 aromatic carbocycles. The van der Waals surface area contributed by atoms with E-state index in [-0.39, 0.29) is 12.2 Å². The Hall–Kier alpha value is -2.14. The van der Waals surface area contributed by atoms with E-state index in [4.69, 9.17) is 11.6 Å². The van der Waals surface area contributed by atoms with Gasteiger partial charge in [-0.05, 0) is 36.8 Å². The summed E-state index contributed by atoms with van der Waals surface area (Å²) in [4.78, 5) is 10.5. The van der Waals surface area contributed by atoms with Gasteiger partial charge in [-0.3, -0.25) is 10.1 Å². The number of hydrogen-bond donors (Lipinski definition) is 1. The Balaban J connectivity index is 2.24. The second-order valence-electron chi connectivity index (χ2n) is 4.37. The molecule has 0 amide bonds. The van der Waals surface area contributed by atoms with Gasteiger partial charge in [0.15, 0.2) is 0 Å². The fourth-order valence-electron chi connectivity index (χ4n) is 1.82. The number of halogens is 2. The lowest BCUT2D eigenvalue weighted by Gasteiger charge is -2.09. The van der Waals surface area contributed by atoms with Crippen LogP contribution in [0.2, 0.25) is 5.02 Å². The van der Waals surface area contributed by atoms with Crippen LogP contribution in [-0.2, 0) is 6.54 Å². The Kier molecular flexibility index (Phi) is 4.20. The quantitative estimate of drug-likeness (QED) is 0.675. The monoisotopic (exact) mass is 294 g/mol. The lowest BCUT2D eigenvalue weighted by atomic mass is 10.1. The lowest BCUT2D eigenvalue weighted by molar-refractivity contribution is -0.384. The van der Waals surface area contributed by atoms with E-state index < -0.39 is 10.7 Å². The normalized spacial score (nSPS) is 10.3. The minimum Gasteiger partial charge on any atom is -0.375 e. The van der Waals surface area contributed by atoms with Gasteiger partial charge in [-0.25, -0.2) is 4.39 Å². The van der Waals surface area contributed by atoms with E-state index in [0.717, 1.165) is 5.56 Å². The first-order valence-electron chi connectivity index (χ1n) is 5.90. The van der Waals surface area contributed by atoms with E-state index in [9.17, 15) is 14.5 Å². The van der Waals surface area contributed by atoms with Crippen molar-refractivity contribution in [2.24, 2.45) is 0 Å². The number of benzene rings is 2. The zero-order chi connectivity index (χ0) is 14.7. The molecule has 2 aromatic rings. The van der Waals surface area contributed by atoms with Crippen molar-refractivity contribution in [1.29, 1.82) is 0 Å². The summed E-state index contributed by atoms with van der Waals surface area (Å²) in [5.74, 6) is -0.405. The smallest absolute Gasteiger partial charge is 0.292 e. The van der Waals surface area contributed by atoms with E-state index >= 15 is 0 Å². The summed E-state index contributed by atoms with van der Waals surface area (Å²) in [6.07, 6.45) is 0. The summed E-state index contributed by atoms with van der Waals surface area (Å²) in [5, 5.41) is 14.2. The van der Waals surface area contributed by atoms with E-state index in [1.165, 1.54) is 24.3 Å². The van der Waals surface area contributed by atoms with Gasteiger partial charge in [0.25, 0.3) is 5.69 Å². The largest absolute Gasteiger partial charge is 0.375 e. The molecule has 6 heteroatoms. The van der Waals surface area contributed by atoms with Crippen LogP contribution in [0.25, 0.3) is 0 Å². The number of rotatable bonds is 4. The highest BCUT2D eigenvalue weighted by atomic mass is 35.5. The molecule has 0 aliphatic carbocycles. The van der Waals surface area contributed by atoms with Crippen LogP contribution in [0.1, 0.15) is 11.1 Å². The van der Waals surface area contributed by atoms with Gasteiger partial charge in [-0.15, -0.1) is 0 Å². The topological polar surface area (TPSA) is 55.2 Å². The molecule has 0 radical (unpaired) electrons. The van der Waals surface area contributed by atoms with Crippen LogP contribution < -0.4 is 5.32 Å². The molecule has 0 unspecified atom stereocenters. The molecule has 0 aliphatic heterocycles. The zero-order valence-electron chi connectivity index (χ0n) is 10.7. The van der Waals surface area contributed by atoms with Gasteiger partial charge in [0.05, 0.1) is 4.92 Å². The highest BCUT2D eigenvalue weighted by Gasteiger charge is 2.13. The molecule has 0 aliphatic rings. The van der Waals surface area contributed by atoms with E-state index in [1.807, 2.05) is 6.92 Å². The summed E-state index contributed by atoms with van der Waals surface area (Å²) in [5.41, 5.74) is 1.55. The first-order valence-corrected chi connectivity index (χ1v) is 6.28.